The number of aliphatic hydroxyl groups excluding tert-OH is 1. The Morgan fingerprint density at radius 1 is 1.54 bits per heavy atom. The lowest BCUT2D eigenvalue weighted by molar-refractivity contribution is 0.164. The van der Waals surface area contributed by atoms with Crippen LogP contribution in [-0.2, 0) is 0 Å². The molecule has 3 nitrogen and oxygen atoms in total. The van der Waals surface area contributed by atoms with Crippen LogP contribution in [0.3, 0.4) is 0 Å². The highest BCUT2D eigenvalue weighted by Crippen LogP contribution is 2.32. The lowest BCUT2D eigenvalue weighted by Gasteiger charge is -2.10. The van der Waals surface area contributed by atoms with Gasteiger partial charge in [-0.2, -0.15) is 0 Å². The Morgan fingerprint density at radius 3 is 3.00 bits per heavy atom. The fourth-order valence-corrected chi connectivity index (χ4v) is 1.32. The quantitative estimate of drug-likeness (QED) is 0.729. The minimum Gasteiger partial charge on any atom is -0.391 e. The van der Waals surface area contributed by atoms with E-state index in [4.69, 9.17) is 0 Å². The summed E-state index contributed by atoms with van der Waals surface area (Å²) < 4.78 is 0. The normalized spacial score (nSPS) is 18.2. The van der Waals surface area contributed by atoms with Crippen molar-refractivity contribution in [2.24, 2.45) is 5.92 Å². The molecule has 0 aliphatic heterocycles. The van der Waals surface area contributed by atoms with Crippen molar-refractivity contribution in [1.82, 2.24) is 4.98 Å². The molecule has 0 spiro atoms. The van der Waals surface area contributed by atoms with E-state index in [9.17, 15) is 5.11 Å². The molecule has 1 atom stereocenters. The molecule has 1 aliphatic carbocycles. The summed E-state index contributed by atoms with van der Waals surface area (Å²) in [6.07, 6.45) is 3.88. The van der Waals surface area contributed by atoms with Gasteiger partial charge < -0.3 is 10.4 Å². The zero-order valence-electron chi connectivity index (χ0n) is 7.48. The molecule has 1 heterocycles. The van der Waals surface area contributed by atoms with E-state index in [0.29, 0.717) is 12.5 Å². The number of hydrogen-bond donors (Lipinski definition) is 2. The second-order valence-electron chi connectivity index (χ2n) is 3.50. The van der Waals surface area contributed by atoms with Crippen molar-refractivity contribution in [2.75, 3.05) is 11.9 Å². The van der Waals surface area contributed by atoms with E-state index in [0.717, 1.165) is 5.82 Å². The lowest BCUT2D eigenvalue weighted by Crippen LogP contribution is -2.21. The van der Waals surface area contributed by atoms with Crippen LogP contribution in [0, 0.1) is 5.92 Å². The van der Waals surface area contributed by atoms with Gasteiger partial charge in [0.25, 0.3) is 0 Å². The number of nitrogens with zero attached hydrogens (tertiary/aromatic N) is 1. The van der Waals surface area contributed by atoms with Gasteiger partial charge in [0.2, 0.25) is 0 Å². The van der Waals surface area contributed by atoms with Gasteiger partial charge in [0.05, 0.1) is 6.10 Å². The van der Waals surface area contributed by atoms with Gasteiger partial charge in [-0.1, -0.05) is 6.07 Å². The van der Waals surface area contributed by atoms with Crippen LogP contribution in [0.5, 0.6) is 0 Å². The van der Waals surface area contributed by atoms with Gasteiger partial charge in [0.15, 0.2) is 0 Å². The summed E-state index contributed by atoms with van der Waals surface area (Å²) in [5.74, 6) is 1.36. The summed E-state index contributed by atoms with van der Waals surface area (Å²) in [6.45, 7) is 0.613. The summed E-state index contributed by atoms with van der Waals surface area (Å²) >= 11 is 0. The molecule has 70 valence electrons. The van der Waals surface area contributed by atoms with Crippen LogP contribution in [-0.4, -0.2) is 22.7 Å². The summed E-state index contributed by atoms with van der Waals surface area (Å²) in [7, 11) is 0. The van der Waals surface area contributed by atoms with Gasteiger partial charge in [-0.15, -0.1) is 0 Å². The van der Waals surface area contributed by atoms with Crippen LogP contribution in [0.15, 0.2) is 24.4 Å². The fraction of sp³-hybridized carbons (Fsp3) is 0.500. The Bertz CT molecular complexity index is 259. The molecule has 0 bridgehead atoms. The molecule has 0 radical (unpaired) electrons. The Morgan fingerprint density at radius 2 is 2.38 bits per heavy atom. The minimum absolute atomic E-state index is 0.206. The Labute approximate surface area is 77.8 Å². The molecule has 0 saturated heterocycles. The number of rotatable bonds is 4. The molecular weight excluding hydrogens is 164 g/mol. The summed E-state index contributed by atoms with van der Waals surface area (Å²) in [5.41, 5.74) is 0. The van der Waals surface area contributed by atoms with Gasteiger partial charge in [0, 0.05) is 12.7 Å². The molecule has 1 aromatic heterocycles. The number of pyridine rings is 1. The highest BCUT2D eigenvalue weighted by Gasteiger charge is 2.29. The van der Waals surface area contributed by atoms with Gasteiger partial charge in [-0.25, -0.2) is 4.98 Å². The molecular formula is C10H14N2O. The monoisotopic (exact) mass is 178 g/mol. The van der Waals surface area contributed by atoms with Gasteiger partial charge in [-0.05, 0) is 30.9 Å². The highest BCUT2D eigenvalue weighted by molar-refractivity contribution is 5.33. The van der Waals surface area contributed by atoms with Crippen molar-refractivity contribution < 1.29 is 5.11 Å². The lowest BCUT2D eigenvalue weighted by atomic mass is 10.2. The average Bonchev–Trinajstić information content (AvgIpc) is 2.99. The van der Waals surface area contributed by atoms with Crippen LogP contribution in [0.1, 0.15) is 12.8 Å². The Kier molecular flexibility index (Phi) is 2.45. The molecule has 1 unspecified atom stereocenters. The van der Waals surface area contributed by atoms with Crippen molar-refractivity contribution in [3.8, 4) is 0 Å². The third-order valence-corrected chi connectivity index (χ3v) is 2.32. The highest BCUT2D eigenvalue weighted by atomic mass is 16.3. The number of aromatic nitrogens is 1. The first kappa shape index (κ1) is 8.51. The third-order valence-electron chi connectivity index (χ3n) is 2.32. The second kappa shape index (κ2) is 3.75. The third kappa shape index (κ3) is 2.42. The molecule has 2 N–H and O–H groups in total. The molecule has 1 aliphatic rings. The predicted molar refractivity (Wildman–Crippen MR) is 51.5 cm³/mol. The van der Waals surface area contributed by atoms with Crippen LogP contribution in [0.2, 0.25) is 0 Å². The molecule has 0 aromatic carbocycles. The molecule has 1 saturated carbocycles. The SMILES string of the molecule is OC(CNc1ccccn1)C1CC1. The van der Waals surface area contributed by atoms with Crippen molar-refractivity contribution in [2.45, 2.75) is 18.9 Å². The molecule has 1 aromatic rings. The number of nitrogens with one attached hydrogen (secondary N) is 1. The second-order valence-corrected chi connectivity index (χ2v) is 3.50. The minimum atomic E-state index is -0.206. The van der Waals surface area contributed by atoms with E-state index in [1.807, 2.05) is 18.2 Å². The van der Waals surface area contributed by atoms with Crippen molar-refractivity contribution >= 4 is 5.82 Å². The van der Waals surface area contributed by atoms with E-state index >= 15 is 0 Å². The Hall–Kier alpha value is -1.09. The first-order chi connectivity index (χ1) is 6.36. The standard InChI is InChI=1S/C10H14N2O/c13-9(8-4-5-8)7-12-10-3-1-2-6-11-10/h1-3,6,8-9,13H,4-5,7H2,(H,11,12). The van der Waals surface area contributed by atoms with Crippen LogP contribution in [0.25, 0.3) is 0 Å². The maximum atomic E-state index is 9.56. The first-order valence-corrected chi connectivity index (χ1v) is 4.69. The summed E-state index contributed by atoms with van der Waals surface area (Å²) in [4.78, 5) is 4.11. The largest absolute Gasteiger partial charge is 0.391 e. The van der Waals surface area contributed by atoms with Crippen LogP contribution < -0.4 is 5.32 Å². The molecule has 0 amide bonds. The van der Waals surface area contributed by atoms with Gasteiger partial charge >= 0.3 is 0 Å². The van der Waals surface area contributed by atoms with E-state index in [2.05, 4.69) is 10.3 Å². The van der Waals surface area contributed by atoms with Crippen molar-refractivity contribution in [3.63, 3.8) is 0 Å². The van der Waals surface area contributed by atoms with E-state index in [1.165, 1.54) is 12.8 Å². The smallest absolute Gasteiger partial charge is 0.125 e. The molecule has 1 fully saturated rings. The Balaban J connectivity index is 1.78. The first-order valence-electron chi connectivity index (χ1n) is 4.69. The van der Waals surface area contributed by atoms with E-state index < -0.39 is 0 Å². The van der Waals surface area contributed by atoms with Crippen molar-refractivity contribution in [3.05, 3.63) is 24.4 Å². The van der Waals surface area contributed by atoms with Crippen LogP contribution in [0.4, 0.5) is 5.82 Å². The van der Waals surface area contributed by atoms with E-state index in [1.54, 1.807) is 6.20 Å². The number of hydrogen-bond acceptors (Lipinski definition) is 3. The molecule has 3 heteroatoms. The van der Waals surface area contributed by atoms with E-state index in [-0.39, 0.29) is 6.10 Å². The molecule has 13 heavy (non-hydrogen) atoms. The maximum Gasteiger partial charge on any atom is 0.125 e. The predicted octanol–water partition coefficient (Wildman–Crippen LogP) is 1.26. The number of anilines is 1. The molecule has 2 rings (SSSR count). The van der Waals surface area contributed by atoms with Gasteiger partial charge in [-0.3, -0.25) is 0 Å². The zero-order valence-corrected chi connectivity index (χ0v) is 7.48. The summed E-state index contributed by atoms with van der Waals surface area (Å²) in [5, 5.41) is 12.7. The summed E-state index contributed by atoms with van der Waals surface area (Å²) in [6, 6.07) is 5.71. The average molecular weight is 178 g/mol. The van der Waals surface area contributed by atoms with Gasteiger partial charge in [0.1, 0.15) is 5.82 Å². The zero-order chi connectivity index (χ0) is 9.10. The fourth-order valence-electron chi connectivity index (χ4n) is 1.32. The topological polar surface area (TPSA) is 45.1 Å². The van der Waals surface area contributed by atoms with Crippen LogP contribution >= 0.6 is 0 Å². The van der Waals surface area contributed by atoms with Crippen molar-refractivity contribution in [1.29, 1.82) is 0 Å². The maximum absolute atomic E-state index is 9.56. The number of aliphatic hydroxyl groups is 1.